The van der Waals surface area contributed by atoms with Gasteiger partial charge in [-0.3, -0.25) is 0 Å². The van der Waals surface area contributed by atoms with Crippen LogP contribution >= 0.6 is 11.8 Å². The van der Waals surface area contributed by atoms with Crippen LogP contribution < -0.4 is 4.74 Å². The van der Waals surface area contributed by atoms with Crippen LogP contribution in [-0.4, -0.2) is 12.4 Å². The van der Waals surface area contributed by atoms with Gasteiger partial charge in [0.15, 0.2) is 0 Å². The summed E-state index contributed by atoms with van der Waals surface area (Å²) in [6.07, 6.45) is 6.89. The molecule has 1 nitrogen and oxygen atoms in total. The van der Waals surface area contributed by atoms with E-state index in [0.717, 1.165) is 16.9 Å². The zero-order valence-corrected chi connectivity index (χ0v) is 15.2. The predicted octanol–water partition coefficient (Wildman–Crippen LogP) is 6.22. The normalized spacial score (nSPS) is 29.7. The Hall–Kier alpha value is -1.41. The van der Waals surface area contributed by atoms with Gasteiger partial charge in [-0.05, 0) is 54.4 Å². The van der Waals surface area contributed by atoms with Crippen LogP contribution in [-0.2, 0) is 0 Å². The fraction of sp³-hybridized carbons (Fsp3) is 0.455. The van der Waals surface area contributed by atoms with Gasteiger partial charge in [-0.15, -0.1) is 0 Å². The smallest absolute Gasteiger partial charge is 0.118 e. The topological polar surface area (TPSA) is 9.23 Å². The first kappa shape index (κ1) is 16.1. The zero-order valence-electron chi connectivity index (χ0n) is 14.4. The molecule has 24 heavy (non-hydrogen) atoms. The van der Waals surface area contributed by atoms with E-state index in [4.69, 9.17) is 4.74 Å². The molecule has 126 valence electrons. The molecule has 1 saturated carbocycles. The SMILES string of the molecule is COc1ccc(C2CC(c3ccccc3)C3CCCCC3S2)cc1. The molecule has 0 aromatic heterocycles. The second kappa shape index (κ2) is 7.23. The second-order valence-corrected chi connectivity index (χ2v) is 8.58. The van der Waals surface area contributed by atoms with Crippen LogP contribution in [0.25, 0.3) is 0 Å². The van der Waals surface area contributed by atoms with E-state index in [1.165, 1.54) is 37.7 Å². The van der Waals surface area contributed by atoms with E-state index in [1.54, 1.807) is 12.7 Å². The first-order valence-electron chi connectivity index (χ1n) is 9.19. The fourth-order valence-electron chi connectivity index (χ4n) is 4.54. The van der Waals surface area contributed by atoms with Crippen molar-refractivity contribution >= 4 is 11.8 Å². The largest absolute Gasteiger partial charge is 0.497 e. The quantitative estimate of drug-likeness (QED) is 0.657. The number of benzene rings is 2. The minimum absolute atomic E-state index is 0.612. The van der Waals surface area contributed by atoms with Crippen LogP contribution in [0.4, 0.5) is 0 Å². The molecule has 1 saturated heterocycles. The van der Waals surface area contributed by atoms with Crippen molar-refractivity contribution in [1.29, 1.82) is 0 Å². The maximum Gasteiger partial charge on any atom is 0.118 e. The minimum atomic E-state index is 0.612. The van der Waals surface area contributed by atoms with E-state index in [9.17, 15) is 0 Å². The van der Waals surface area contributed by atoms with Crippen molar-refractivity contribution in [3.63, 3.8) is 0 Å². The van der Waals surface area contributed by atoms with Crippen LogP contribution in [0.1, 0.15) is 54.4 Å². The summed E-state index contributed by atoms with van der Waals surface area (Å²) in [6, 6.07) is 20.0. The van der Waals surface area contributed by atoms with E-state index in [1.807, 2.05) is 0 Å². The summed E-state index contributed by atoms with van der Waals surface area (Å²) >= 11 is 2.24. The van der Waals surface area contributed by atoms with Crippen molar-refractivity contribution in [3.05, 3.63) is 65.7 Å². The van der Waals surface area contributed by atoms with Crippen LogP contribution in [0.5, 0.6) is 5.75 Å². The van der Waals surface area contributed by atoms with Gasteiger partial charge in [-0.25, -0.2) is 0 Å². The average molecular weight is 339 g/mol. The van der Waals surface area contributed by atoms with Crippen molar-refractivity contribution in [3.8, 4) is 5.75 Å². The van der Waals surface area contributed by atoms with E-state index in [2.05, 4.69) is 66.4 Å². The summed E-state index contributed by atoms with van der Waals surface area (Å²) in [5.41, 5.74) is 3.01. The average Bonchev–Trinajstić information content (AvgIpc) is 2.68. The molecule has 0 bridgehead atoms. The van der Waals surface area contributed by atoms with Gasteiger partial charge in [-0.1, -0.05) is 55.3 Å². The highest BCUT2D eigenvalue weighted by Gasteiger charge is 2.40. The third-order valence-corrected chi connectivity index (χ3v) is 7.52. The Labute approximate surface area is 149 Å². The molecule has 2 heteroatoms. The van der Waals surface area contributed by atoms with Crippen molar-refractivity contribution in [2.45, 2.75) is 48.5 Å². The second-order valence-electron chi connectivity index (χ2n) is 7.14. The zero-order chi connectivity index (χ0) is 16.4. The number of methoxy groups -OCH3 is 1. The molecule has 0 radical (unpaired) electrons. The summed E-state index contributed by atoms with van der Waals surface area (Å²) in [6.45, 7) is 0. The number of hydrogen-bond acceptors (Lipinski definition) is 2. The van der Waals surface area contributed by atoms with Crippen LogP contribution in [0.3, 0.4) is 0 Å². The van der Waals surface area contributed by atoms with Gasteiger partial charge in [0.05, 0.1) is 7.11 Å². The number of fused-ring (bicyclic) bond motifs is 1. The van der Waals surface area contributed by atoms with Gasteiger partial charge in [0, 0.05) is 10.5 Å². The lowest BCUT2D eigenvalue weighted by Crippen LogP contribution is -2.33. The molecule has 2 aliphatic rings. The minimum Gasteiger partial charge on any atom is -0.497 e. The molecule has 0 amide bonds. The van der Waals surface area contributed by atoms with E-state index in [0.29, 0.717) is 11.2 Å². The maximum atomic E-state index is 5.33. The van der Waals surface area contributed by atoms with E-state index in [-0.39, 0.29) is 0 Å². The number of ether oxygens (including phenoxy) is 1. The van der Waals surface area contributed by atoms with Crippen molar-refractivity contribution in [1.82, 2.24) is 0 Å². The first-order chi connectivity index (χ1) is 11.8. The Morgan fingerprint density at radius 2 is 1.62 bits per heavy atom. The molecular weight excluding hydrogens is 312 g/mol. The lowest BCUT2D eigenvalue weighted by Gasteiger charge is -2.44. The van der Waals surface area contributed by atoms with Crippen LogP contribution in [0, 0.1) is 5.92 Å². The fourth-order valence-corrected chi connectivity index (χ4v) is 6.43. The molecule has 0 spiro atoms. The monoisotopic (exact) mass is 338 g/mol. The Balaban J connectivity index is 1.62. The number of thioether (sulfide) groups is 1. The van der Waals surface area contributed by atoms with Crippen LogP contribution in [0.15, 0.2) is 54.6 Å². The third-order valence-electron chi connectivity index (χ3n) is 5.79. The molecule has 2 fully saturated rings. The Morgan fingerprint density at radius 3 is 2.38 bits per heavy atom. The molecular formula is C22H26OS. The molecule has 4 rings (SSSR count). The van der Waals surface area contributed by atoms with E-state index >= 15 is 0 Å². The lowest BCUT2D eigenvalue weighted by molar-refractivity contribution is 0.290. The Morgan fingerprint density at radius 1 is 0.875 bits per heavy atom. The van der Waals surface area contributed by atoms with Crippen molar-refractivity contribution in [2.75, 3.05) is 7.11 Å². The van der Waals surface area contributed by atoms with Gasteiger partial charge in [-0.2, -0.15) is 11.8 Å². The summed E-state index contributed by atoms with van der Waals surface area (Å²) in [4.78, 5) is 0. The third kappa shape index (κ3) is 3.21. The summed E-state index contributed by atoms with van der Waals surface area (Å²) < 4.78 is 5.33. The molecule has 1 aliphatic heterocycles. The highest BCUT2D eigenvalue weighted by molar-refractivity contribution is 8.00. The molecule has 1 aliphatic carbocycles. The van der Waals surface area contributed by atoms with Gasteiger partial charge in [0.1, 0.15) is 5.75 Å². The summed E-state index contributed by atoms with van der Waals surface area (Å²) in [5, 5.41) is 1.44. The molecule has 2 aromatic carbocycles. The highest BCUT2D eigenvalue weighted by atomic mass is 32.2. The first-order valence-corrected chi connectivity index (χ1v) is 10.1. The van der Waals surface area contributed by atoms with Crippen molar-refractivity contribution in [2.24, 2.45) is 5.92 Å². The molecule has 1 heterocycles. The lowest BCUT2D eigenvalue weighted by atomic mass is 9.73. The van der Waals surface area contributed by atoms with Gasteiger partial charge < -0.3 is 4.74 Å². The molecule has 4 atom stereocenters. The Bertz CT molecular complexity index is 651. The summed E-state index contributed by atoms with van der Waals surface area (Å²) in [5.74, 6) is 2.53. The van der Waals surface area contributed by atoms with Gasteiger partial charge in [0.25, 0.3) is 0 Å². The summed E-state index contributed by atoms with van der Waals surface area (Å²) in [7, 11) is 1.74. The number of rotatable bonds is 3. The molecule has 4 unspecified atom stereocenters. The van der Waals surface area contributed by atoms with Crippen LogP contribution in [0.2, 0.25) is 0 Å². The predicted molar refractivity (Wildman–Crippen MR) is 103 cm³/mol. The van der Waals surface area contributed by atoms with Gasteiger partial charge >= 0.3 is 0 Å². The maximum absolute atomic E-state index is 5.33. The van der Waals surface area contributed by atoms with E-state index < -0.39 is 0 Å². The number of hydrogen-bond donors (Lipinski definition) is 0. The molecule has 0 N–H and O–H groups in total. The highest BCUT2D eigenvalue weighted by Crippen LogP contribution is 2.55. The molecule has 2 aromatic rings. The Kier molecular flexibility index (Phi) is 4.84. The standard InChI is InChI=1S/C22H26OS/c1-23-18-13-11-17(12-14-18)22-15-20(16-7-3-2-4-8-16)19-9-5-6-10-21(19)24-22/h2-4,7-8,11-14,19-22H,5-6,9-10,15H2,1H3. The van der Waals surface area contributed by atoms with Gasteiger partial charge in [0.2, 0.25) is 0 Å². The van der Waals surface area contributed by atoms with Crippen molar-refractivity contribution < 1.29 is 4.74 Å².